The molecule has 204 valence electrons. The van der Waals surface area contributed by atoms with Crippen LogP contribution in [0.15, 0.2) is 53.2 Å². The number of hydrogen-bond donors (Lipinski definition) is 0. The van der Waals surface area contributed by atoms with Crippen molar-refractivity contribution >= 4 is 11.6 Å². The zero-order valence-electron chi connectivity index (χ0n) is 22.0. The number of Topliss-reactive ketones (excluding diaryl/α,β-unsaturated/α-hetero) is 2. The van der Waals surface area contributed by atoms with Gasteiger partial charge in [-0.05, 0) is 49.9 Å². The van der Waals surface area contributed by atoms with Gasteiger partial charge in [-0.3, -0.25) is 19.5 Å². The number of halogens is 2. The summed E-state index contributed by atoms with van der Waals surface area (Å²) in [4.78, 5) is 33.8. The minimum Gasteiger partial charge on any atom is -0.355 e. The Bertz CT molecular complexity index is 1360. The zero-order chi connectivity index (χ0) is 27.0. The van der Waals surface area contributed by atoms with Crippen molar-refractivity contribution in [1.82, 2.24) is 15.0 Å². The van der Waals surface area contributed by atoms with Crippen LogP contribution in [-0.4, -0.2) is 45.7 Å². The molecule has 6 rings (SSSR count). The summed E-state index contributed by atoms with van der Waals surface area (Å²) < 4.78 is 32.8. The van der Waals surface area contributed by atoms with Gasteiger partial charge in [-0.2, -0.15) is 0 Å². The van der Waals surface area contributed by atoms with Crippen LogP contribution in [-0.2, 0) is 10.2 Å². The van der Waals surface area contributed by atoms with E-state index in [1.165, 1.54) is 31.4 Å². The molecule has 0 N–H and O–H groups in total. The summed E-state index contributed by atoms with van der Waals surface area (Å²) >= 11 is 0. The van der Waals surface area contributed by atoms with Gasteiger partial charge < -0.3 is 4.52 Å². The van der Waals surface area contributed by atoms with Gasteiger partial charge in [-0.25, -0.2) is 8.78 Å². The van der Waals surface area contributed by atoms with Gasteiger partial charge in [0.05, 0.1) is 5.56 Å². The molecule has 0 atom stereocenters. The SMILES string of the molecule is O=C(CC1(CC(=O)c2cc(-c3ccc(F)cc3F)on2)CN(C2CCCCC2)C1)CC1(c2ccccn2)CC1. The highest BCUT2D eigenvalue weighted by molar-refractivity contribution is 5.96. The van der Waals surface area contributed by atoms with Crippen molar-refractivity contribution in [3.8, 4) is 11.3 Å². The Kier molecular flexibility index (Phi) is 6.91. The van der Waals surface area contributed by atoms with E-state index < -0.39 is 17.0 Å². The number of nitrogens with zero attached hydrogens (tertiary/aromatic N) is 3. The third-order valence-corrected chi connectivity index (χ3v) is 8.87. The molecule has 2 aliphatic carbocycles. The van der Waals surface area contributed by atoms with Crippen LogP contribution in [0.4, 0.5) is 8.78 Å². The largest absolute Gasteiger partial charge is 0.355 e. The highest BCUT2D eigenvalue weighted by Crippen LogP contribution is 2.52. The summed E-state index contributed by atoms with van der Waals surface area (Å²) in [5.74, 6) is -1.46. The van der Waals surface area contributed by atoms with Crippen molar-refractivity contribution in [2.45, 2.75) is 75.7 Å². The molecule has 0 spiro atoms. The fraction of sp³-hybridized carbons (Fsp3) is 0.484. The first-order chi connectivity index (χ1) is 18.8. The summed E-state index contributed by atoms with van der Waals surface area (Å²) in [5, 5.41) is 3.90. The van der Waals surface area contributed by atoms with E-state index in [4.69, 9.17) is 4.52 Å². The molecule has 0 unspecified atom stereocenters. The molecule has 3 aromatic rings. The standard InChI is InChI=1S/C31H33F2N3O3/c32-21-9-10-24(25(33)14-21)28-15-26(35-39-28)27(38)18-30(19-36(20-30)22-6-2-1-3-7-22)16-23(37)17-31(11-12-31)29-8-4-5-13-34-29/h4-5,8-10,13-15,22H,1-3,6-7,11-12,16-20H2. The van der Waals surface area contributed by atoms with E-state index in [1.54, 1.807) is 6.20 Å². The van der Waals surface area contributed by atoms with Gasteiger partial charge >= 0.3 is 0 Å². The highest BCUT2D eigenvalue weighted by atomic mass is 19.1. The molecule has 0 amide bonds. The second-order valence-electron chi connectivity index (χ2n) is 11.9. The molecule has 6 nitrogen and oxygen atoms in total. The average Bonchev–Trinajstić information content (AvgIpc) is 3.52. The second-order valence-corrected chi connectivity index (χ2v) is 11.9. The van der Waals surface area contributed by atoms with Gasteiger partial charge in [-0.15, -0.1) is 0 Å². The lowest BCUT2D eigenvalue weighted by Gasteiger charge is -2.54. The number of aromatic nitrogens is 2. The highest BCUT2D eigenvalue weighted by Gasteiger charge is 2.51. The van der Waals surface area contributed by atoms with Crippen LogP contribution in [0, 0.1) is 17.0 Å². The normalized spacial score (nSPS) is 20.4. The maximum Gasteiger partial charge on any atom is 0.185 e. The van der Waals surface area contributed by atoms with E-state index >= 15 is 0 Å². The number of carbonyl (C=O) groups excluding carboxylic acids is 2. The second kappa shape index (κ2) is 10.4. The van der Waals surface area contributed by atoms with Crippen molar-refractivity contribution in [2.24, 2.45) is 5.41 Å². The lowest BCUT2D eigenvalue weighted by atomic mass is 9.69. The van der Waals surface area contributed by atoms with E-state index in [9.17, 15) is 18.4 Å². The van der Waals surface area contributed by atoms with Gasteiger partial charge in [0.1, 0.15) is 23.1 Å². The Morgan fingerprint density at radius 1 is 0.974 bits per heavy atom. The van der Waals surface area contributed by atoms with Crippen LogP contribution in [0.3, 0.4) is 0 Å². The number of likely N-dealkylation sites (tertiary alicyclic amines) is 1. The number of carbonyl (C=O) groups is 2. The van der Waals surface area contributed by atoms with Crippen LogP contribution in [0.5, 0.6) is 0 Å². The first-order valence-electron chi connectivity index (χ1n) is 14.0. The maximum atomic E-state index is 14.2. The molecule has 2 aromatic heterocycles. The Labute approximate surface area is 226 Å². The molecule has 1 aromatic carbocycles. The van der Waals surface area contributed by atoms with Crippen molar-refractivity contribution in [2.75, 3.05) is 13.1 Å². The number of rotatable bonds is 10. The topological polar surface area (TPSA) is 76.3 Å². The number of ketones is 2. The van der Waals surface area contributed by atoms with E-state index in [-0.39, 0.29) is 40.4 Å². The molecule has 0 radical (unpaired) electrons. The zero-order valence-corrected chi connectivity index (χ0v) is 22.0. The summed E-state index contributed by atoms with van der Waals surface area (Å²) in [7, 11) is 0. The van der Waals surface area contributed by atoms with E-state index in [2.05, 4.69) is 15.0 Å². The Morgan fingerprint density at radius 3 is 2.46 bits per heavy atom. The molecule has 2 saturated carbocycles. The summed E-state index contributed by atoms with van der Waals surface area (Å²) in [6, 6.07) is 10.9. The van der Waals surface area contributed by atoms with Gasteiger partial charge in [0.15, 0.2) is 11.5 Å². The predicted molar refractivity (Wildman–Crippen MR) is 141 cm³/mol. The average molecular weight is 534 g/mol. The van der Waals surface area contributed by atoms with Crippen LogP contribution in [0.25, 0.3) is 11.3 Å². The van der Waals surface area contributed by atoms with Gasteiger partial charge in [0, 0.05) is 73.2 Å². The molecule has 3 aliphatic rings. The smallest absolute Gasteiger partial charge is 0.185 e. The Morgan fingerprint density at radius 2 is 1.77 bits per heavy atom. The van der Waals surface area contributed by atoms with Crippen molar-refractivity contribution in [3.63, 3.8) is 0 Å². The minimum atomic E-state index is -0.781. The van der Waals surface area contributed by atoms with Crippen molar-refractivity contribution in [1.29, 1.82) is 0 Å². The van der Waals surface area contributed by atoms with Crippen LogP contribution in [0.1, 0.15) is 80.4 Å². The summed E-state index contributed by atoms with van der Waals surface area (Å²) in [6.45, 7) is 1.42. The lowest BCUT2D eigenvalue weighted by molar-refractivity contribution is -0.127. The monoisotopic (exact) mass is 533 g/mol. The van der Waals surface area contributed by atoms with Crippen LogP contribution in [0.2, 0.25) is 0 Å². The van der Waals surface area contributed by atoms with E-state index in [1.807, 2.05) is 18.2 Å². The van der Waals surface area contributed by atoms with Gasteiger partial charge in [-0.1, -0.05) is 30.5 Å². The first-order valence-corrected chi connectivity index (χ1v) is 14.0. The minimum absolute atomic E-state index is 0.0456. The molecular weight excluding hydrogens is 500 g/mol. The molecule has 3 heterocycles. The van der Waals surface area contributed by atoms with Crippen molar-refractivity contribution < 1.29 is 22.9 Å². The molecule has 1 saturated heterocycles. The predicted octanol–water partition coefficient (Wildman–Crippen LogP) is 6.30. The third kappa shape index (κ3) is 5.44. The third-order valence-electron chi connectivity index (χ3n) is 8.87. The van der Waals surface area contributed by atoms with E-state index in [0.29, 0.717) is 32.0 Å². The van der Waals surface area contributed by atoms with Crippen LogP contribution < -0.4 is 0 Å². The number of benzene rings is 1. The molecule has 1 aliphatic heterocycles. The Hall–Kier alpha value is -3.26. The number of pyridine rings is 1. The first kappa shape index (κ1) is 26.0. The van der Waals surface area contributed by atoms with Crippen LogP contribution >= 0.6 is 0 Å². The molecule has 39 heavy (non-hydrogen) atoms. The Balaban J connectivity index is 1.17. The van der Waals surface area contributed by atoms with E-state index in [0.717, 1.165) is 43.5 Å². The fourth-order valence-electron chi connectivity index (χ4n) is 6.67. The summed E-state index contributed by atoms with van der Waals surface area (Å²) in [6.07, 6.45) is 10.7. The van der Waals surface area contributed by atoms with Gasteiger partial charge in [0.2, 0.25) is 0 Å². The maximum absolute atomic E-state index is 14.2. The molecular formula is C31H33F2N3O3. The number of hydrogen-bond acceptors (Lipinski definition) is 6. The fourth-order valence-corrected chi connectivity index (χ4v) is 6.67. The molecule has 3 fully saturated rings. The van der Waals surface area contributed by atoms with Gasteiger partial charge in [0.25, 0.3) is 0 Å². The lowest BCUT2D eigenvalue weighted by Crippen LogP contribution is -2.61. The summed E-state index contributed by atoms with van der Waals surface area (Å²) in [5.41, 5.74) is 0.500. The molecule has 0 bridgehead atoms. The molecule has 8 heteroatoms. The quantitative estimate of drug-likeness (QED) is 0.285. The van der Waals surface area contributed by atoms with Crippen molar-refractivity contribution in [3.05, 3.63) is 71.7 Å².